The molecule has 0 heterocycles. The van der Waals surface area contributed by atoms with E-state index in [1.807, 2.05) is 69.3 Å². The maximum absolute atomic E-state index is 13.2. The highest BCUT2D eigenvalue weighted by molar-refractivity contribution is 5.86. The van der Waals surface area contributed by atoms with Gasteiger partial charge in [-0.05, 0) is 70.1 Å². The van der Waals surface area contributed by atoms with E-state index in [2.05, 4.69) is 36.8 Å². The molecule has 0 spiro atoms. The van der Waals surface area contributed by atoms with Crippen LogP contribution in [0.2, 0.25) is 0 Å². The number of benzene rings is 2. The predicted octanol–water partition coefficient (Wildman–Crippen LogP) is 5.77. The summed E-state index contributed by atoms with van der Waals surface area (Å²) >= 11 is 0. The molecule has 2 rings (SSSR count). The van der Waals surface area contributed by atoms with Gasteiger partial charge in [0, 0.05) is 0 Å². The Hall–Kier alpha value is -2.82. The number of amides is 1. The molecule has 2 atom stereocenters. The second-order valence-electron chi connectivity index (χ2n) is 9.73. The molecule has 32 heavy (non-hydrogen) atoms. The van der Waals surface area contributed by atoms with Crippen LogP contribution in [0.25, 0.3) is 0 Å². The Balaban J connectivity index is 2.15. The first-order valence-electron chi connectivity index (χ1n) is 11.5. The lowest BCUT2D eigenvalue weighted by Crippen LogP contribution is -2.43. The minimum absolute atomic E-state index is 0.182. The molecule has 1 amide bonds. The second-order valence-corrected chi connectivity index (χ2v) is 9.73. The average Bonchev–Trinajstić information content (AvgIpc) is 2.74. The summed E-state index contributed by atoms with van der Waals surface area (Å²) in [5.74, 6) is -1.19. The topological polar surface area (TPSA) is 67.4 Å². The number of carbonyl (C=O) groups is 2. The predicted molar refractivity (Wildman–Crippen MR) is 130 cm³/mol. The number of ether oxygens (including phenoxy) is 1. The van der Waals surface area contributed by atoms with Crippen LogP contribution in [-0.4, -0.2) is 17.5 Å². The van der Waals surface area contributed by atoms with Gasteiger partial charge in [-0.1, -0.05) is 62.4 Å². The highest BCUT2D eigenvalue weighted by Gasteiger charge is 2.36. The van der Waals surface area contributed by atoms with E-state index < -0.39 is 17.4 Å². The lowest BCUT2D eigenvalue weighted by Gasteiger charge is -2.30. The van der Waals surface area contributed by atoms with Gasteiger partial charge in [0.05, 0.1) is 17.5 Å². The van der Waals surface area contributed by atoms with Gasteiger partial charge in [0.2, 0.25) is 5.91 Å². The van der Waals surface area contributed by atoms with Gasteiger partial charge >= 0.3 is 5.97 Å². The van der Waals surface area contributed by atoms with E-state index in [4.69, 9.17) is 4.74 Å². The molecule has 0 radical (unpaired) electrons. The Kier molecular flexibility index (Phi) is 9.76. The van der Waals surface area contributed by atoms with E-state index in [1.54, 1.807) is 0 Å². The van der Waals surface area contributed by atoms with Crippen molar-refractivity contribution in [1.29, 1.82) is 0 Å². The molecule has 0 aliphatic rings. The Morgan fingerprint density at radius 2 is 1.50 bits per heavy atom. The SMILES string of the molecule is CC(C)C[C@@H](C(=O)NNc1ccccc1)[C@H](CCCc1ccccc1)C(=O)OC(C)(C)C. The molecule has 0 bridgehead atoms. The molecule has 0 aromatic heterocycles. The van der Waals surface area contributed by atoms with Gasteiger partial charge in [-0.2, -0.15) is 0 Å². The smallest absolute Gasteiger partial charge is 0.310 e. The van der Waals surface area contributed by atoms with E-state index in [-0.39, 0.29) is 17.8 Å². The number of para-hydroxylation sites is 1. The molecule has 2 N–H and O–H groups in total. The number of rotatable bonds is 11. The van der Waals surface area contributed by atoms with Gasteiger partial charge in [-0.25, -0.2) is 0 Å². The van der Waals surface area contributed by atoms with Gasteiger partial charge in [0.15, 0.2) is 0 Å². The van der Waals surface area contributed by atoms with Crippen molar-refractivity contribution >= 4 is 17.6 Å². The fraction of sp³-hybridized carbons (Fsp3) is 0.481. The zero-order valence-electron chi connectivity index (χ0n) is 20.1. The Labute approximate surface area is 192 Å². The molecule has 5 nitrogen and oxygen atoms in total. The van der Waals surface area contributed by atoms with Crippen molar-refractivity contribution in [1.82, 2.24) is 5.43 Å². The largest absolute Gasteiger partial charge is 0.460 e. The number of hydrogen-bond acceptors (Lipinski definition) is 4. The molecule has 0 saturated carbocycles. The molecule has 0 aliphatic carbocycles. The number of anilines is 1. The fourth-order valence-corrected chi connectivity index (χ4v) is 3.74. The van der Waals surface area contributed by atoms with Crippen LogP contribution in [0.4, 0.5) is 5.69 Å². The van der Waals surface area contributed by atoms with Crippen LogP contribution in [0, 0.1) is 17.8 Å². The van der Waals surface area contributed by atoms with Crippen molar-refractivity contribution in [2.75, 3.05) is 5.43 Å². The molecule has 0 saturated heterocycles. The molecule has 2 aromatic rings. The van der Waals surface area contributed by atoms with Crippen molar-refractivity contribution in [3.63, 3.8) is 0 Å². The van der Waals surface area contributed by atoms with Crippen molar-refractivity contribution < 1.29 is 14.3 Å². The van der Waals surface area contributed by atoms with Crippen LogP contribution in [0.1, 0.15) is 59.4 Å². The van der Waals surface area contributed by atoms with Gasteiger partial charge in [0.1, 0.15) is 5.60 Å². The van der Waals surface area contributed by atoms with Crippen molar-refractivity contribution in [2.45, 2.75) is 65.9 Å². The summed E-state index contributed by atoms with van der Waals surface area (Å²) in [6, 6.07) is 19.7. The average molecular weight is 439 g/mol. The van der Waals surface area contributed by atoms with E-state index in [9.17, 15) is 9.59 Å². The van der Waals surface area contributed by atoms with Gasteiger partial charge in [-0.3, -0.25) is 20.4 Å². The number of esters is 1. The summed E-state index contributed by atoms with van der Waals surface area (Å²) in [4.78, 5) is 26.4. The van der Waals surface area contributed by atoms with E-state index in [0.717, 1.165) is 18.5 Å². The van der Waals surface area contributed by atoms with Crippen LogP contribution in [-0.2, 0) is 20.7 Å². The first-order chi connectivity index (χ1) is 15.2. The van der Waals surface area contributed by atoms with Crippen LogP contribution >= 0.6 is 0 Å². The van der Waals surface area contributed by atoms with Gasteiger partial charge < -0.3 is 4.74 Å². The first kappa shape index (κ1) is 25.4. The third-order valence-corrected chi connectivity index (χ3v) is 5.18. The molecule has 0 fully saturated rings. The zero-order chi connectivity index (χ0) is 23.6. The molecular formula is C27H38N2O3. The Morgan fingerprint density at radius 1 is 0.906 bits per heavy atom. The number of hydrogen-bond donors (Lipinski definition) is 2. The molecule has 2 aromatic carbocycles. The van der Waals surface area contributed by atoms with Crippen molar-refractivity contribution in [3.05, 3.63) is 66.2 Å². The lowest BCUT2D eigenvalue weighted by molar-refractivity contribution is -0.164. The maximum Gasteiger partial charge on any atom is 0.310 e. The third kappa shape index (κ3) is 9.13. The van der Waals surface area contributed by atoms with Crippen LogP contribution in [0.5, 0.6) is 0 Å². The zero-order valence-corrected chi connectivity index (χ0v) is 20.1. The minimum atomic E-state index is -0.601. The van der Waals surface area contributed by atoms with E-state index >= 15 is 0 Å². The molecule has 5 heteroatoms. The molecule has 0 unspecified atom stereocenters. The Bertz CT molecular complexity index is 829. The normalized spacial score (nSPS) is 13.3. The fourth-order valence-electron chi connectivity index (χ4n) is 3.74. The minimum Gasteiger partial charge on any atom is -0.460 e. The lowest BCUT2D eigenvalue weighted by atomic mass is 9.81. The maximum atomic E-state index is 13.2. The Morgan fingerprint density at radius 3 is 2.06 bits per heavy atom. The van der Waals surface area contributed by atoms with E-state index in [1.165, 1.54) is 5.56 Å². The van der Waals surface area contributed by atoms with E-state index in [0.29, 0.717) is 12.8 Å². The van der Waals surface area contributed by atoms with Gasteiger partial charge in [-0.15, -0.1) is 0 Å². The third-order valence-electron chi connectivity index (χ3n) is 5.18. The second kappa shape index (κ2) is 12.3. The first-order valence-corrected chi connectivity index (χ1v) is 11.5. The number of nitrogens with one attached hydrogen (secondary N) is 2. The number of hydrazine groups is 1. The number of aryl methyl sites for hydroxylation is 1. The van der Waals surface area contributed by atoms with Crippen LogP contribution < -0.4 is 10.9 Å². The summed E-state index contributed by atoms with van der Waals surface area (Å²) in [6.07, 6.45) is 2.87. The number of carbonyl (C=O) groups excluding carboxylic acids is 2. The monoisotopic (exact) mass is 438 g/mol. The summed E-state index contributed by atoms with van der Waals surface area (Å²) < 4.78 is 5.74. The highest BCUT2D eigenvalue weighted by Crippen LogP contribution is 2.29. The van der Waals surface area contributed by atoms with Crippen LogP contribution in [0.15, 0.2) is 60.7 Å². The quantitative estimate of drug-likeness (QED) is 0.345. The van der Waals surface area contributed by atoms with Crippen molar-refractivity contribution in [2.24, 2.45) is 17.8 Å². The summed E-state index contributed by atoms with van der Waals surface area (Å²) in [5, 5.41) is 0. The van der Waals surface area contributed by atoms with Crippen molar-refractivity contribution in [3.8, 4) is 0 Å². The molecule has 174 valence electrons. The summed E-state index contributed by atoms with van der Waals surface area (Å²) in [5.41, 5.74) is 7.20. The molecular weight excluding hydrogens is 400 g/mol. The van der Waals surface area contributed by atoms with Gasteiger partial charge in [0.25, 0.3) is 0 Å². The summed E-state index contributed by atoms with van der Waals surface area (Å²) in [7, 11) is 0. The summed E-state index contributed by atoms with van der Waals surface area (Å²) in [6.45, 7) is 9.73. The highest BCUT2D eigenvalue weighted by atomic mass is 16.6. The van der Waals surface area contributed by atoms with Crippen LogP contribution in [0.3, 0.4) is 0 Å². The standard InChI is InChI=1S/C27H38N2O3/c1-20(2)19-24(25(30)29-28-22-16-10-7-11-17-22)23(26(31)32-27(3,4)5)18-12-15-21-13-8-6-9-14-21/h6-11,13-14,16-17,20,23-24,28H,12,15,18-19H2,1-5H3,(H,29,30)/t23-,24+/m0/s1. The molecule has 0 aliphatic heterocycles.